The van der Waals surface area contributed by atoms with Gasteiger partial charge in [0.05, 0.1) is 18.3 Å². The van der Waals surface area contributed by atoms with Crippen molar-refractivity contribution in [1.29, 1.82) is 0 Å². The summed E-state index contributed by atoms with van der Waals surface area (Å²) in [6.45, 7) is -1.52. The topological polar surface area (TPSA) is 104 Å². The Morgan fingerprint density at radius 1 is 1.00 bits per heavy atom. The number of pyridine rings is 1. The molecule has 0 saturated carbocycles. The molecule has 15 heteroatoms. The summed E-state index contributed by atoms with van der Waals surface area (Å²) in [6, 6.07) is 9.35. The molecule has 1 aromatic carbocycles. The zero-order valence-corrected chi connectivity index (χ0v) is 19.9. The molecule has 0 amide bonds. The minimum absolute atomic E-state index is 0.00822. The van der Waals surface area contributed by atoms with E-state index >= 15 is 0 Å². The van der Waals surface area contributed by atoms with Crippen LogP contribution in [0.2, 0.25) is 0 Å². The second kappa shape index (κ2) is 9.56. The van der Waals surface area contributed by atoms with Gasteiger partial charge in [0, 0.05) is 25.0 Å². The third kappa shape index (κ3) is 5.46. The molecule has 1 N–H and O–H groups in total. The first-order valence-electron chi connectivity index (χ1n) is 11.2. The summed E-state index contributed by atoms with van der Waals surface area (Å²) in [4.78, 5) is 31.3. The first-order valence-corrected chi connectivity index (χ1v) is 11.2. The molecule has 0 atom stereocenters. The quantitative estimate of drug-likeness (QED) is 0.311. The summed E-state index contributed by atoms with van der Waals surface area (Å²) in [5, 5.41) is 0. The van der Waals surface area contributed by atoms with Gasteiger partial charge >= 0.3 is 18.0 Å². The number of fused-ring (bicyclic) bond motifs is 1. The van der Waals surface area contributed by atoms with Crippen molar-refractivity contribution >= 4 is 11.2 Å². The molecular formula is C24H17F6N7O2. The predicted molar refractivity (Wildman–Crippen MR) is 126 cm³/mol. The van der Waals surface area contributed by atoms with Gasteiger partial charge in [-0.15, -0.1) is 0 Å². The Bertz CT molecular complexity index is 1700. The second-order valence-electron chi connectivity index (χ2n) is 8.46. The van der Waals surface area contributed by atoms with E-state index < -0.39 is 30.3 Å². The molecule has 0 aliphatic carbocycles. The monoisotopic (exact) mass is 549 g/mol. The number of aryl methyl sites for hydroxylation is 1. The van der Waals surface area contributed by atoms with Crippen LogP contribution >= 0.6 is 0 Å². The van der Waals surface area contributed by atoms with E-state index in [2.05, 4.69) is 24.9 Å². The van der Waals surface area contributed by atoms with Crippen LogP contribution in [0.25, 0.3) is 33.9 Å². The molecule has 0 aliphatic heterocycles. The van der Waals surface area contributed by atoms with E-state index in [1.54, 1.807) is 24.3 Å². The number of aromatic amines is 1. The van der Waals surface area contributed by atoms with E-state index in [0.29, 0.717) is 11.1 Å². The smallest absolute Gasteiger partial charge is 0.434 e. The van der Waals surface area contributed by atoms with E-state index in [1.807, 2.05) is 0 Å². The summed E-state index contributed by atoms with van der Waals surface area (Å²) in [5.41, 5.74) is 0.109. The fraction of sp³-hybridized carbons (Fsp3) is 0.208. The number of nitrogens with zero attached hydrogens (tertiary/aromatic N) is 6. The van der Waals surface area contributed by atoms with Crippen molar-refractivity contribution in [3.63, 3.8) is 0 Å². The summed E-state index contributed by atoms with van der Waals surface area (Å²) in [5.74, 6) is -0.209. The Morgan fingerprint density at radius 3 is 2.41 bits per heavy atom. The van der Waals surface area contributed by atoms with Crippen LogP contribution in [0.4, 0.5) is 26.3 Å². The number of nitrogens with one attached hydrogen (secondary N) is 1. The molecule has 0 aliphatic rings. The number of ether oxygens (including phenoxy) is 1. The Labute approximate surface area is 214 Å². The SMILES string of the molecule is Cn1cc(C(F)(F)F)nc1-c1ccc(Cn2c(=O)[nH]c3cnc(-c4cccnc4OCC(F)(F)F)nc32)cc1. The number of rotatable bonds is 6. The maximum absolute atomic E-state index is 13.0. The second-order valence-corrected chi connectivity index (χ2v) is 8.46. The van der Waals surface area contributed by atoms with Gasteiger partial charge < -0.3 is 14.3 Å². The van der Waals surface area contributed by atoms with Gasteiger partial charge in [0.25, 0.3) is 0 Å². The summed E-state index contributed by atoms with van der Waals surface area (Å²) < 4.78 is 84.4. The molecule has 0 radical (unpaired) electrons. The molecule has 0 fully saturated rings. The molecular weight excluding hydrogens is 532 g/mol. The maximum atomic E-state index is 13.0. The lowest BCUT2D eigenvalue weighted by Crippen LogP contribution is -2.20. The van der Waals surface area contributed by atoms with Crippen LogP contribution in [-0.4, -0.2) is 46.8 Å². The van der Waals surface area contributed by atoms with Gasteiger partial charge in [-0.1, -0.05) is 24.3 Å². The summed E-state index contributed by atoms with van der Waals surface area (Å²) in [6.07, 6.45) is -5.67. The Balaban J connectivity index is 1.45. The minimum atomic E-state index is -4.58. The molecule has 39 heavy (non-hydrogen) atoms. The van der Waals surface area contributed by atoms with Crippen LogP contribution in [0.1, 0.15) is 11.3 Å². The highest BCUT2D eigenvalue weighted by Gasteiger charge is 2.34. The number of benzene rings is 1. The Hall–Kier alpha value is -4.69. The van der Waals surface area contributed by atoms with Gasteiger partial charge in [0.2, 0.25) is 5.88 Å². The van der Waals surface area contributed by atoms with Crippen molar-refractivity contribution in [1.82, 2.24) is 34.1 Å². The third-order valence-electron chi connectivity index (χ3n) is 5.62. The number of halogens is 6. The summed E-state index contributed by atoms with van der Waals surface area (Å²) >= 11 is 0. The highest BCUT2D eigenvalue weighted by atomic mass is 19.4. The van der Waals surface area contributed by atoms with Crippen molar-refractivity contribution in [2.24, 2.45) is 7.05 Å². The van der Waals surface area contributed by atoms with E-state index in [1.165, 1.54) is 40.7 Å². The maximum Gasteiger partial charge on any atom is 0.434 e. The van der Waals surface area contributed by atoms with Crippen LogP contribution in [0.5, 0.6) is 5.88 Å². The molecule has 0 unspecified atom stereocenters. The number of hydrogen-bond donors (Lipinski definition) is 1. The predicted octanol–water partition coefficient (Wildman–Crippen LogP) is 4.59. The molecule has 5 rings (SSSR count). The minimum Gasteiger partial charge on any atom is -0.467 e. The van der Waals surface area contributed by atoms with Crippen molar-refractivity contribution in [3.8, 4) is 28.7 Å². The van der Waals surface area contributed by atoms with Crippen molar-refractivity contribution in [3.05, 3.63) is 76.7 Å². The van der Waals surface area contributed by atoms with Crippen LogP contribution in [0.15, 0.2) is 59.8 Å². The Morgan fingerprint density at radius 2 is 1.74 bits per heavy atom. The van der Waals surface area contributed by atoms with Gasteiger partial charge in [-0.3, -0.25) is 4.57 Å². The molecule has 5 aromatic rings. The van der Waals surface area contributed by atoms with Gasteiger partial charge in [0.1, 0.15) is 11.3 Å². The van der Waals surface area contributed by atoms with E-state index in [-0.39, 0.29) is 40.8 Å². The number of H-pyrrole nitrogens is 1. The average Bonchev–Trinajstić information content (AvgIpc) is 3.42. The van der Waals surface area contributed by atoms with Crippen molar-refractivity contribution in [2.45, 2.75) is 18.9 Å². The van der Waals surface area contributed by atoms with Crippen molar-refractivity contribution < 1.29 is 31.1 Å². The summed E-state index contributed by atoms with van der Waals surface area (Å²) in [7, 11) is 1.45. The number of imidazole rings is 2. The average molecular weight is 549 g/mol. The van der Waals surface area contributed by atoms with Gasteiger partial charge in [0.15, 0.2) is 23.8 Å². The fourth-order valence-electron chi connectivity index (χ4n) is 3.86. The zero-order valence-electron chi connectivity index (χ0n) is 19.9. The largest absolute Gasteiger partial charge is 0.467 e. The zero-order chi connectivity index (χ0) is 27.9. The van der Waals surface area contributed by atoms with E-state index in [9.17, 15) is 31.1 Å². The third-order valence-corrected chi connectivity index (χ3v) is 5.62. The van der Waals surface area contributed by atoms with E-state index in [0.717, 1.165) is 6.20 Å². The fourth-order valence-corrected chi connectivity index (χ4v) is 3.86. The lowest BCUT2D eigenvalue weighted by atomic mass is 10.1. The Kier molecular flexibility index (Phi) is 6.36. The number of hydrogen-bond acceptors (Lipinski definition) is 6. The molecule has 202 valence electrons. The van der Waals surface area contributed by atoms with Gasteiger partial charge in [-0.05, 0) is 17.7 Å². The normalized spacial score (nSPS) is 12.3. The molecule has 0 saturated heterocycles. The van der Waals surface area contributed by atoms with Crippen LogP contribution in [0, 0.1) is 0 Å². The van der Waals surface area contributed by atoms with Gasteiger partial charge in [-0.25, -0.2) is 24.7 Å². The van der Waals surface area contributed by atoms with Gasteiger partial charge in [-0.2, -0.15) is 26.3 Å². The molecule has 0 spiro atoms. The first-order chi connectivity index (χ1) is 18.4. The number of alkyl halides is 6. The van der Waals surface area contributed by atoms with Crippen LogP contribution in [-0.2, 0) is 19.8 Å². The molecule has 9 nitrogen and oxygen atoms in total. The lowest BCUT2D eigenvalue weighted by Gasteiger charge is -2.11. The highest BCUT2D eigenvalue weighted by molar-refractivity contribution is 5.74. The molecule has 4 aromatic heterocycles. The van der Waals surface area contributed by atoms with Crippen LogP contribution in [0.3, 0.4) is 0 Å². The van der Waals surface area contributed by atoms with Crippen molar-refractivity contribution in [2.75, 3.05) is 6.61 Å². The molecule has 4 heterocycles. The molecule has 0 bridgehead atoms. The van der Waals surface area contributed by atoms with E-state index in [4.69, 9.17) is 4.74 Å². The first kappa shape index (κ1) is 25.9. The number of aromatic nitrogens is 7. The lowest BCUT2D eigenvalue weighted by molar-refractivity contribution is -0.154. The van der Waals surface area contributed by atoms with Crippen LogP contribution < -0.4 is 10.4 Å². The highest BCUT2D eigenvalue weighted by Crippen LogP contribution is 2.31. The standard InChI is InChI=1S/C24H17F6N7O2/c1-36-11-17(24(28,29)30)34-19(36)14-6-4-13(5-7-14)10-37-20-16(33-22(37)38)9-32-18(35-20)15-3-2-8-31-21(15)39-12-23(25,26)27/h2-9,11H,10,12H2,1H3,(H,33,38).